The average molecular weight is 363 g/mol. The van der Waals surface area contributed by atoms with E-state index in [1.165, 1.54) is 0 Å². The minimum Gasteiger partial charge on any atom is -0.455 e. The molecule has 0 unspecified atom stereocenters. The van der Waals surface area contributed by atoms with Crippen LogP contribution in [0.5, 0.6) is 0 Å². The molecule has 0 fully saturated rings. The van der Waals surface area contributed by atoms with E-state index < -0.39 is 0 Å². The predicted molar refractivity (Wildman–Crippen MR) is 101 cm³/mol. The number of hydrogen-bond acceptors (Lipinski definition) is 4. The molecule has 0 aliphatic heterocycles. The Bertz CT molecular complexity index is 1010. The first kappa shape index (κ1) is 17.3. The molecular formula is C21H21N3O3. The molecule has 138 valence electrons. The number of anilines is 1. The first-order valence-corrected chi connectivity index (χ1v) is 8.91. The molecule has 3 aromatic rings. The van der Waals surface area contributed by atoms with Crippen LogP contribution in [0.4, 0.5) is 5.69 Å². The van der Waals surface area contributed by atoms with Crippen molar-refractivity contribution in [2.24, 2.45) is 5.41 Å². The Balaban J connectivity index is 1.57. The molecule has 0 saturated carbocycles. The van der Waals surface area contributed by atoms with E-state index in [1.807, 2.05) is 38.2 Å². The van der Waals surface area contributed by atoms with Gasteiger partial charge in [-0.25, -0.2) is 4.68 Å². The van der Waals surface area contributed by atoms with E-state index in [-0.39, 0.29) is 22.9 Å². The summed E-state index contributed by atoms with van der Waals surface area (Å²) in [6.07, 6.45) is 4.68. The van der Waals surface area contributed by atoms with Gasteiger partial charge >= 0.3 is 0 Å². The van der Waals surface area contributed by atoms with Gasteiger partial charge in [0.25, 0.3) is 5.91 Å². The van der Waals surface area contributed by atoms with E-state index in [2.05, 4.69) is 10.4 Å². The zero-order valence-corrected chi connectivity index (χ0v) is 15.6. The van der Waals surface area contributed by atoms with Crippen LogP contribution in [0.1, 0.15) is 52.5 Å². The van der Waals surface area contributed by atoms with Crippen LogP contribution in [0.3, 0.4) is 0 Å². The van der Waals surface area contributed by atoms with Gasteiger partial charge in [-0.1, -0.05) is 13.8 Å². The number of amides is 1. The Labute approximate surface area is 157 Å². The minimum atomic E-state index is -0.348. The summed E-state index contributed by atoms with van der Waals surface area (Å²) in [5, 5.41) is 7.02. The van der Waals surface area contributed by atoms with Crippen LogP contribution in [0, 0.1) is 12.3 Å². The summed E-state index contributed by atoms with van der Waals surface area (Å²) in [4.78, 5) is 25.2. The zero-order chi connectivity index (χ0) is 19.2. The molecule has 1 N–H and O–H groups in total. The lowest BCUT2D eigenvalue weighted by Gasteiger charge is -2.27. The van der Waals surface area contributed by atoms with Crippen molar-refractivity contribution in [3.63, 3.8) is 0 Å². The van der Waals surface area contributed by atoms with E-state index in [0.717, 1.165) is 5.69 Å². The number of aromatic nitrogens is 2. The van der Waals surface area contributed by atoms with Crippen LogP contribution in [0.15, 0.2) is 47.1 Å². The molecule has 1 amide bonds. The Morgan fingerprint density at radius 1 is 1.22 bits per heavy atom. The molecule has 1 aromatic carbocycles. The van der Waals surface area contributed by atoms with Gasteiger partial charge in [0.2, 0.25) is 0 Å². The third kappa shape index (κ3) is 3.18. The van der Waals surface area contributed by atoms with Gasteiger partial charge in [0, 0.05) is 36.5 Å². The van der Waals surface area contributed by atoms with Crippen LogP contribution in [0.25, 0.3) is 5.69 Å². The third-order valence-corrected chi connectivity index (χ3v) is 4.88. The van der Waals surface area contributed by atoms with Crippen molar-refractivity contribution in [1.82, 2.24) is 9.78 Å². The van der Waals surface area contributed by atoms with Gasteiger partial charge in [0.1, 0.15) is 5.76 Å². The summed E-state index contributed by atoms with van der Waals surface area (Å²) in [5.41, 5.74) is 2.60. The van der Waals surface area contributed by atoms with E-state index in [4.69, 9.17) is 4.42 Å². The molecule has 1 aliphatic rings. The quantitative estimate of drug-likeness (QED) is 0.757. The number of nitrogens with zero attached hydrogens (tertiary/aromatic N) is 2. The second-order valence-corrected chi connectivity index (χ2v) is 7.75. The van der Waals surface area contributed by atoms with Gasteiger partial charge in [-0.05, 0) is 42.7 Å². The van der Waals surface area contributed by atoms with Crippen LogP contribution >= 0.6 is 0 Å². The highest BCUT2D eigenvalue weighted by Crippen LogP contribution is 2.38. The lowest BCUT2D eigenvalue weighted by Crippen LogP contribution is -2.26. The van der Waals surface area contributed by atoms with E-state index in [0.29, 0.717) is 35.4 Å². The highest BCUT2D eigenvalue weighted by atomic mass is 16.4. The zero-order valence-electron chi connectivity index (χ0n) is 15.6. The van der Waals surface area contributed by atoms with Crippen molar-refractivity contribution in [2.75, 3.05) is 5.32 Å². The van der Waals surface area contributed by atoms with Crippen LogP contribution < -0.4 is 5.32 Å². The molecule has 1 aliphatic carbocycles. The molecule has 0 saturated heterocycles. The highest BCUT2D eigenvalue weighted by Gasteiger charge is 2.37. The number of fused-ring (bicyclic) bond motifs is 1. The molecule has 2 heterocycles. The number of carbonyl (C=O) groups excluding carboxylic acids is 2. The molecule has 27 heavy (non-hydrogen) atoms. The van der Waals surface area contributed by atoms with Gasteiger partial charge in [-0.2, -0.15) is 5.10 Å². The monoisotopic (exact) mass is 363 g/mol. The van der Waals surface area contributed by atoms with Gasteiger partial charge in [0.15, 0.2) is 11.5 Å². The van der Waals surface area contributed by atoms with Gasteiger partial charge in [-0.3, -0.25) is 9.59 Å². The Kier molecular flexibility index (Phi) is 3.98. The maximum Gasteiger partial charge on any atom is 0.291 e. The lowest BCUT2D eigenvalue weighted by atomic mass is 9.76. The lowest BCUT2D eigenvalue weighted by molar-refractivity contribution is 0.0898. The number of carbonyl (C=O) groups is 2. The summed E-state index contributed by atoms with van der Waals surface area (Å²) >= 11 is 0. The number of ketones is 1. The van der Waals surface area contributed by atoms with Crippen LogP contribution in [0.2, 0.25) is 0 Å². The second-order valence-electron chi connectivity index (χ2n) is 7.75. The van der Waals surface area contributed by atoms with Crippen molar-refractivity contribution in [2.45, 2.75) is 33.6 Å². The van der Waals surface area contributed by atoms with Crippen molar-refractivity contribution >= 4 is 17.4 Å². The molecule has 4 rings (SSSR count). The molecule has 6 heteroatoms. The van der Waals surface area contributed by atoms with Crippen LogP contribution in [-0.4, -0.2) is 21.5 Å². The number of rotatable bonds is 3. The summed E-state index contributed by atoms with van der Waals surface area (Å²) in [6.45, 7) is 5.84. The maximum atomic E-state index is 12.7. The number of hydrogen-bond donors (Lipinski definition) is 1. The molecule has 6 nitrogen and oxygen atoms in total. The third-order valence-electron chi connectivity index (χ3n) is 4.88. The number of furan rings is 1. The largest absolute Gasteiger partial charge is 0.455 e. The first-order chi connectivity index (χ1) is 12.8. The van der Waals surface area contributed by atoms with Crippen LogP contribution in [-0.2, 0) is 6.42 Å². The van der Waals surface area contributed by atoms with Crippen molar-refractivity contribution in [3.8, 4) is 5.69 Å². The summed E-state index contributed by atoms with van der Waals surface area (Å²) < 4.78 is 7.55. The fourth-order valence-corrected chi connectivity index (χ4v) is 3.61. The fourth-order valence-electron chi connectivity index (χ4n) is 3.61. The summed E-state index contributed by atoms with van der Waals surface area (Å²) in [5.74, 6) is 0.527. The standard InChI is InChI=1S/C21H21N3O3/c1-13-18-16(25)11-21(2,3)12-17(18)27-19(13)20(26)23-14-5-7-15(8-6-14)24-10-4-9-22-24/h4-10H,11-12H2,1-3H3,(H,23,26). The Morgan fingerprint density at radius 2 is 1.96 bits per heavy atom. The maximum absolute atomic E-state index is 12.7. The predicted octanol–water partition coefficient (Wildman–Crippen LogP) is 4.18. The number of benzene rings is 1. The Hall–Kier alpha value is -3.15. The van der Waals surface area contributed by atoms with Crippen molar-refractivity contribution in [1.29, 1.82) is 0 Å². The molecule has 0 atom stereocenters. The molecule has 2 aromatic heterocycles. The van der Waals surface area contributed by atoms with Crippen molar-refractivity contribution in [3.05, 3.63) is 65.4 Å². The topological polar surface area (TPSA) is 77.1 Å². The van der Waals surface area contributed by atoms with Crippen molar-refractivity contribution < 1.29 is 14.0 Å². The number of nitrogens with one attached hydrogen (secondary N) is 1. The van der Waals surface area contributed by atoms with Gasteiger partial charge < -0.3 is 9.73 Å². The van der Waals surface area contributed by atoms with E-state index in [1.54, 1.807) is 29.9 Å². The summed E-state index contributed by atoms with van der Waals surface area (Å²) in [6, 6.07) is 9.20. The average Bonchev–Trinajstić information content (AvgIpc) is 3.23. The highest BCUT2D eigenvalue weighted by molar-refractivity contribution is 6.07. The smallest absolute Gasteiger partial charge is 0.291 e. The number of Topliss-reactive ketones (excluding diaryl/α,β-unsaturated/α-hetero) is 1. The fraction of sp³-hybridized carbons (Fsp3) is 0.286. The van der Waals surface area contributed by atoms with Gasteiger partial charge in [-0.15, -0.1) is 0 Å². The second kappa shape index (κ2) is 6.23. The van der Waals surface area contributed by atoms with Gasteiger partial charge in [0.05, 0.1) is 11.3 Å². The molecule has 0 radical (unpaired) electrons. The Morgan fingerprint density at radius 3 is 2.63 bits per heavy atom. The molecular weight excluding hydrogens is 342 g/mol. The first-order valence-electron chi connectivity index (χ1n) is 8.91. The van der Waals surface area contributed by atoms with E-state index >= 15 is 0 Å². The van der Waals surface area contributed by atoms with E-state index in [9.17, 15) is 9.59 Å². The minimum absolute atomic E-state index is 0.0464. The normalized spacial score (nSPS) is 15.4. The molecule has 0 bridgehead atoms. The SMILES string of the molecule is Cc1c(C(=O)Nc2ccc(-n3cccn3)cc2)oc2c1C(=O)CC(C)(C)C2. The molecule has 0 spiro atoms. The summed E-state index contributed by atoms with van der Waals surface area (Å²) in [7, 11) is 0.